The lowest BCUT2D eigenvalue weighted by Crippen LogP contribution is -2.34. The van der Waals surface area contributed by atoms with Crippen molar-refractivity contribution in [2.75, 3.05) is 18.0 Å². The summed E-state index contributed by atoms with van der Waals surface area (Å²) < 4.78 is 5.22. The molecule has 1 aliphatic heterocycles. The Hall–Kier alpha value is -0.990. The maximum Gasteiger partial charge on any atom is 0.297 e. The Bertz CT molecular complexity index is 233. The molecule has 0 aliphatic carbocycles. The van der Waals surface area contributed by atoms with Crippen molar-refractivity contribution in [3.63, 3.8) is 0 Å². The van der Waals surface area contributed by atoms with Crippen molar-refractivity contribution in [2.45, 2.75) is 13.3 Å². The first-order valence-corrected chi connectivity index (χ1v) is 4.34. The van der Waals surface area contributed by atoms with E-state index in [4.69, 9.17) is 4.42 Å². The monoisotopic (exact) mass is 165 g/mol. The molecule has 0 aromatic carbocycles. The number of rotatable bonds is 1. The van der Waals surface area contributed by atoms with Gasteiger partial charge in [0.25, 0.3) is 6.01 Å². The summed E-state index contributed by atoms with van der Waals surface area (Å²) in [7, 11) is 0. The average molecular weight is 165 g/mol. The van der Waals surface area contributed by atoms with E-state index in [1.807, 2.05) is 0 Å². The number of hydrogen-bond acceptors (Lipinski definition) is 3. The van der Waals surface area contributed by atoms with Gasteiger partial charge in [0, 0.05) is 13.1 Å². The van der Waals surface area contributed by atoms with Crippen molar-refractivity contribution in [2.24, 2.45) is 5.92 Å². The quantitative estimate of drug-likeness (QED) is 0.634. The van der Waals surface area contributed by atoms with E-state index < -0.39 is 0 Å². The molecule has 0 N–H and O–H groups in total. The van der Waals surface area contributed by atoms with E-state index in [9.17, 15) is 0 Å². The maximum atomic E-state index is 5.22. The summed E-state index contributed by atoms with van der Waals surface area (Å²) in [4.78, 5) is 6.30. The highest BCUT2D eigenvalue weighted by molar-refractivity contribution is 5.26. The predicted octanol–water partition coefficient (Wildman–Crippen LogP) is 1.73. The number of hydrogen-bond donors (Lipinski definition) is 0. The highest BCUT2D eigenvalue weighted by Crippen LogP contribution is 2.19. The van der Waals surface area contributed by atoms with E-state index in [0.29, 0.717) is 5.92 Å². The number of aromatic nitrogens is 1. The highest BCUT2D eigenvalue weighted by atomic mass is 16.4. The van der Waals surface area contributed by atoms with Gasteiger partial charge in [0.05, 0.1) is 6.20 Å². The minimum atomic E-state index is 0.644. The van der Waals surface area contributed by atoms with Crippen molar-refractivity contribution >= 4 is 6.01 Å². The van der Waals surface area contributed by atoms with E-state index in [-0.39, 0.29) is 0 Å². The summed E-state index contributed by atoms with van der Waals surface area (Å²) in [6, 6.07) is 0.759. The van der Waals surface area contributed by atoms with Crippen molar-refractivity contribution < 1.29 is 4.42 Å². The van der Waals surface area contributed by atoms with Crippen LogP contribution in [0.3, 0.4) is 0 Å². The molecule has 2 rings (SSSR count). The molecule has 1 radical (unpaired) electrons. The van der Waals surface area contributed by atoms with Gasteiger partial charge >= 0.3 is 0 Å². The smallest absolute Gasteiger partial charge is 0.297 e. The Kier molecular flexibility index (Phi) is 2.02. The molecule has 1 atom stereocenters. The lowest BCUT2D eigenvalue weighted by atomic mass is 10.0. The molecule has 1 fully saturated rings. The molecular formula is C9H13N2O. The fourth-order valence-electron chi connectivity index (χ4n) is 1.57. The van der Waals surface area contributed by atoms with Crippen LogP contribution in [0.2, 0.25) is 0 Å². The fraction of sp³-hybridized carbons (Fsp3) is 0.556. The Morgan fingerprint density at radius 1 is 1.67 bits per heavy atom. The Morgan fingerprint density at radius 3 is 3.25 bits per heavy atom. The molecule has 65 valence electrons. The van der Waals surface area contributed by atoms with Gasteiger partial charge < -0.3 is 9.32 Å². The van der Waals surface area contributed by atoms with E-state index in [1.54, 1.807) is 12.5 Å². The molecule has 3 heteroatoms. The van der Waals surface area contributed by atoms with Crippen LogP contribution in [0.25, 0.3) is 0 Å². The summed E-state index contributed by atoms with van der Waals surface area (Å²) in [6.45, 7) is 4.28. The van der Waals surface area contributed by atoms with Crippen molar-refractivity contribution in [3.05, 3.63) is 18.9 Å². The van der Waals surface area contributed by atoms with Crippen LogP contribution < -0.4 is 4.90 Å². The lowest BCUT2D eigenvalue weighted by molar-refractivity contribution is 0.479. The molecule has 0 amide bonds. The first kappa shape index (κ1) is 7.65. The summed E-state index contributed by atoms with van der Waals surface area (Å²) in [6.07, 6.45) is 6.79. The number of anilines is 1. The summed E-state index contributed by atoms with van der Waals surface area (Å²) in [5.41, 5.74) is 0. The van der Waals surface area contributed by atoms with Crippen molar-refractivity contribution in [3.8, 4) is 0 Å². The molecule has 3 nitrogen and oxygen atoms in total. The summed E-state index contributed by atoms with van der Waals surface area (Å²) in [5.74, 6) is 0.644. The first-order chi connectivity index (χ1) is 5.86. The number of piperidine rings is 1. The van der Waals surface area contributed by atoms with E-state index in [1.165, 1.54) is 0 Å². The zero-order valence-corrected chi connectivity index (χ0v) is 7.23. The molecule has 0 bridgehead atoms. The minimum absolute atomic E-state index is 0.644. The Balaban J connectivity index is 2.04. The second-order valence-corrected chi connectivity index (χ2v) is 3.26. The van der Waals surface area contributed by atoms with Gasteiger partial charge in [-0.2, -0.15) is 0 Å². The van der Waals surface area contributed by atoms with Gasteiger partial charge in [0.1, 0.15) is 6.26 Å². The van der Waals surface area contributed by atoms with E-state index in [2.05, 4.69) is 23.2 Å². The summed E-state index contributed by atoms with van der Waals surface area (Å²) in [5, 5.41) is 0. The van der Waals surface area contributed by atoms with Crippen LogP contribution in [0.4, 0.5) is 6.01 Å². The molecule has 1 saturated heterocycles. The van der Waals surface area contributed by atoms with Crippen molar-refractivity contribution in [1.29, 1.82) is 0 Å². The molecule has 1 aliphatic rings. The van der Waals surface area contributed by atoms with Crippen LogP contribution in [-0.2, 0) is 0 Å². The SMILES string of the molecule is CC1[CH]CCN(c2ncco2)C1. The lowest BCUT2D eigenvalue weighted by Gasteiger charge is -2.29. The van der Waals surface area contributed by atoms with Gasteiger partial charge in [-0.1, -0.05) is 6.92 Å². The Labute approximate surface area is 72.4 Å². The molecule has 12 heavy (non-hydrogen) atoms. The van der Waals surface area contributed by atoms with Gasteiger partial charge in [-0.05, 0) is 18.8 Å². The van der Waals surface area contributed by atoms with Gasteiger partial charge in [-0.15, -0.1) is 0 Å². The van der Waals surface area contributed by atoms with Crippen LogP contribution in [0, 0.1) is 12.3 Å². The van der Waals surface area contributed by atoms with Crippen LogP contribution in [0.15, 0.2) is 16.9 Å². The van der Waals surface area contributed by atoms with E-state index in [0.717, 1.165) is 25.5 Å². The summed E-state index contributed by atoms with van der Waals surface area (Å²) >= 11 is 0. The highest BCUT2D eigenvalue weighted by Gasteiger charge is 2.18. The fourth-order valence-corrected chi connectivity index (χ4v) is 1.57. The number of oxazole rings is 1. The van der Waals surface area contributed by atoms with E-state index >= 15 is 0 Å². The largest absolute Gasteiger partial charge is 0.432 e. The topological polar surface area (TPSA) is 29.3 Å². The zero-order valence-electron chi connectivity index (χ0n) is 7.23. The molecule has 1 aromatic heterocycles. The minimum Gasteiger partial charge on any atom is -0.432 e. The van der Waals surface area contributed by atoms with Crippen LogP contribution in [0.5, 0.6) is 0 Å². The van der Waals surface area contributed by atoms with Gasteiger partial charge in [-0.3, -0.25) is 0 Å². The standard InChI is InChI=1S/C9H13N2O/c1-8-3-2-5-11(7-8)9-10-4-6-12-9/h3-4,6,8H,2,5,7H2,1H3. The van der Waals surface area contributed by atoms with Crippen LogP contribution >= 0.6 is 0 Å². The second kappa shape index (κ2) is 3.17. The maximum absolute atomic E-state index is 5.22. The molecule has 1 unspecified atom stereocenters. The third-order valence-electron chi connectivity index (χ3n) is 2.17. The van der Waals surface area contributed by atoms with Crippen LogP contribution in [0.1, 0.15) is 13.3 Å². The van der Waals surface area contributed by atoms with Crippen molar-refractivity contribution in [1.82, 2.24) is 4.98 Å². The Morgan fingerprint density at radius 2 is 2.58 bits per heavy atom. The third kappa shape index (κ3) is 1.44. The molecule has 0 saturated carbocycles. The zero-order chi connectivity index (χ0) is 8.39. The molecule has 1 aromatic rings. The average Bonchev–Trinajstić information content (AvgIpc) is 2.56. The molecule has 0 spiro atoms. The molecular weight excluding hydrogens is 152 g/mol. The molecule has 2 heterocycles. The predicted molar refractivity (Wildman–Crippen MR) is 46.8 cm³/mol. The van der Waals surface area contributed by atoms with Crippen LogP contribution in [-0.4, -0.2) is 18.1 Å². The first-order valence-electron chi connectivity index (χ1n) is 4.34. The third-order valence-corrected chi connectivity index (χ3v) is 2.17. The van der Waals surface area contributed by atoms with Gasteiger partial charge in [0.2, 0.25) is 0 Å². The van der Waals surface area contributed by atoms with Gasteiger partial charge in [-0.25, -0.2) is 4.98 Å². The number of nitrogens with zero attached hydrogens (tertiary/aromatic N) is 2. The normalized spacial score (nSPS) is 24.4. The second-order valence-electron chi connectivity index (χ2n) is 3.26. The van der Waals surface area contributed by atoms with Gasteiger partial charge in [0.15, 0.2) is 0 Å².